The minimum atomic E-state index is 0.410. The predicted molar refractivity (Wildman–Crippen MR) is 61.5 cm³/mol. The summed E-state index contributed by atoms with van der Waals surface area (Å²) in [5.41, 5.74) is 6.13. The molecule has 1 heterocycles. The van der Waals surface area contributed by atoms with Gasteiger partial charge in [-0.1, -0.05) is 11.6 Å². The topological polar surface area (TPSA) is 26.0 Å². The third-order valence-electron chi connectivity index (χ3n) is 2.64. The van der Waals surface area contributed by atoms with E-state index in [4.69, 9.17) is 17.3 Å². The van der Waals surface area contributed by atoms with Crippen LogP contribution in [0.15, 0.2) is 10.5 Å². The summed E-state index contributed by atoms with van der Waals surface area (Å²) in [6.07, 6.45) is 3.65. The van der Waals surface area contributed by atoms with Crippen molar-refractivity contribution in [1.29, 1.82) is 0 Å². The molecule has 4 heteroatoms. The molecule has 13 heavy (non-hydrogen) atoms. The summed E-state index contributed by atoms with van der Waals surface area (Å²) >= 11 is 11.0. The zero-order valence-corrected chi connectivity index (χ0v) is 10.3. The molecule has 0 unspecified atom stereocenters. The van der Waals surface area contributed by atoms with Gasteiger partial charge < -0.3 is 5.73 Å². The normalized spacial score (nSPS) is 19.0. The molecule has 2 N–H and O–H groups in total. The van der Waals surface area contributed by atoms with Crippen LogP contribution in [0.4, 0.5) is 0 Å². The van der Waals surface area contributed by atoms with Crippen molar-refractivity contribution in [3.8, 4) is 0 Å². The van der Waals surface area contributed by atoms with Gasteiger partial charge in [0.1, 0.15) is 4.34 Å². The van der Waals surface area contributed by atoms with Crippen LogP contribution >= 0.6 is 38.9 Å². The molecule has 1 aromatic rings. The van der Waals surface area contributed by atoms with Crippen LogP contribution in [0.5, 0.6) is 0 Å². The first-order chi connectivity index (χ1) is 6.15. The van der Waals surface area contributed by atoms with E-state index in [-0.39, 0.29) is 0 Å². The largest absolute Gasteiger partial charge is 0.330 e. The van der Waals surface area contributed by atoms with Crippen LogP contribution in [0.1, 0.15) is 17.7 Å². The molecule has 0 saturated heterocycles. The van der Waals surface area contributed by atoms with Gasteiger partial charge in [0, 0.05) is 9.35 Å². The van der Waals surface area contributed by atoms with Crippen molar-refractivity contribution in [2.24, 2.45) is 11.1 Å². The molecule has 0 aliphatic heterocycles. The lowest BCUT2D eigenvalue weighted by atomic mass is 10.0. The molecule has 0 spiro atoms. The minimum absolute atomic E-state index is 0.410. The molecule has 0 atom stereocenters. The van der Waals surface area contributed by atoms with Crippen LogP contribution in [0.25, 0.3) is 0 Å². The first-order valence-corrected chi connectivity index (χ1v) is 6.28. The molecule has 1 aliphatic rings. The summed E-state index contributed by atoms with van der Waals surface area (Å²) in [5, 5.41) is 0. The van der Waals surface area contributed by atoms with Gasteiger partial charge in [0.2, 0.25) is 0 Å². The molecule has 1 nitrogen and oxygen atoms in total. The molecule has 72 valence electrons. The Kier molecular flexibility index (Phi) is 2.71. The van der Waals surface area contributed by atoms with Gasteiger partial charge in [0.15, 0.2) is 0 Å². The van der Waals surface area contributed by atoms with E-state index < -0.39 is 0 Å². The third-order valence-corrected chi connectivity index (χ3v) is 5.11. The molecular weight excluding hydrogens is 270 g/mol. The number of halogens is 2. The summed E-state index contributed by atoms with van der Waals surface area (Å²) in [7, 11) is 0. The fraction of sp³-hybridized carbons (Fsp3) is 0.556. The second kappa shape index (κ2) is 3.54. The first kappa shape index (κ1) is 9.97. The SMILES string of the molecule is NCC1(Cc2cc(Br)c(Cl)s2)CC1. The van der Waals surface area contributed by atoms with Crippen molar-refractivity contribution >= 4 is 38.9 Å². The zero-order chi connectivity index (χ0) is 9.47. The van der Waals surface area contributed by atoms with Gasteiger partial charge in [-0.2, -0.15) is 0 Å². The van der Waals surface area contributed by atoms with Gasteiger partial charge in [0.25, 0.3) is 0 Å². The van der Waals surface area contributed by atoms with Crippen LogP contribution in [-0.2, 0) is 6.42 Å². The van der Waals surface area contributed by atoms with E-state index in [9.17, 15) is 0 Å². The van der Waals surface area contributed by atoms with Crippen molar-refractivity contribution < 1.29 is 0 Å². The van der Waals surface area contributed by atoms with Crippen LogP contribution in [0.3, 0.4) is 0 Å². The van der Waals surface area contributed by atoms with Crippen molar-refractivity contribution in [2.75, 3.05) is 6.54 Å². The van der Waals surface area contributed by atoms with Crippen LogP contribution in [-0.4, -0.2) is 6.54 Å². The van der Waals surface area contributed by atoms with Gasteiger partial charge in [-0.15, -0.1) is 11.3 Å². The maximum atomic E-state index is 5.96. The zero-order valence-electron chi connectivity index (χ0n) is 7.15. The van der Waals surface area contributed by atoms with E-state index in [1.165, 1.54) is 17.7 Å². The van der Waals surface area contributed by atoms with E-state index in [1.54, 1.807) is 11.3 Å². The van der Waals surface area contributed by atoms with Crippen molar-refractivity contribution in [2.45, 2.75) is 19.3 Å². The summed E-state index contributed by atoms with van der Waals surface area (Å²) in [4.78, 5) is 1.35. The minimum Gasteiger partial charge on any atom is -0.330 e. The second-order valence-corrected chi connectivity index (χ2v) is 6.31. The Hall–Kier alpha value is 0.430. The lowest BCUT2D eigenvalue weighted by Gasteiger charge is -2.09. The molecule has 1 aromatic heterocycles. The Labute approximate surface area is 95.4 Å². The van der Waals surface area contributed by atoms with Gasteiger partial charge >= 0.3 is 0 Å². The average Bonchev–Trinajstić information content (AvgIpc) is 2.78. The molecule has 0 amide bonds. The Morgan fingerprint density at radius 3 is 2.69 bits per heavy atom. The van der Waals surface area contributed by atoms with Crippen molar-refractivity contribution in [1.82, 2.24) is 0 Å². The van der Waals surface area contributed by atoms with Gasteiger partial charge in [0.05, 0.1) is 0 Å². The molecule has 1 saturated carbocycles. The Bertz CT molecular complexity index is 300. The highest BCUT2D eigenvalue weighted by atomic mass is 79.9. The fourth-order valence-electron chi connectivity index (χ4n) is 1.48. The van der Waals surface area contributed by atoms with Gasteiger partial charge in [-0.25, -0.2) is 0 Å². The molecule has 1 aliphatic carbocycles. The molecule has 2 rings (SSSR count). The Morgan fingerprint density at radius 1 is 1.62 bits per heavy atom. The first-order valence-electron chi connectivity index (χ1n) is 4.29. The van der Waals surface area contributed by atoms with E-state index in [2.05, 4.69) is 22.0 Å². The third kappa shape index (κ3) is 2.09. The van der Waals surface area contributed by atoms with Crippen LogP contribution in [0, 0.1) is 5.41 Å². The number of nitrogens with two attached hydrogens (primary N) is 1. The molecule has 0 aromatic carbocycles. The van der Waals surface area contributed by atoms with E-state index in [0.717, 1.165) is 21.8 Å². The Morgan fingerprint density at radius 2 is 2.31 bits per heavy atom. The maximum absolute atomic E-state index is 5.96. The summed E-state index contributed by atoms with van der Waals surface area (Å²) < 4.78 is 1.87. The second-order valence-electron chi connectivity index (χ2n) is 3.72. The highest BCUT2D eigenvalue weighted by Gasteiger charge is 2.41. The maximum Gasteiger partial charge on any atom is 0.107 e. The molecule has 1 fully saturated rings. The smallest absolute Gasteiger partial charge is 0.107 e. The highest BCUT2D eigenvalue weighted by Crippen LogP contribution is 2.49. The monoisotopic (exact) mass is 279 g/mol. The van der Waals surface area contributed by atoms with Crippen LogP contribution in [0.2, 0.25) is 4.34 Å². The summed E-state index contributed by atoms with van der Waals surface area (Å²) in [5.74, 6) is 0. The number of hydrogen-bond acceptors (Lipinski definition) is 2. The average molecular weight is 281 g/mol. The van der Waals surface area contributed by atoms with Crippen LogP contribution < -0.4 is 5.73 Å². The van der Waals surface area contributed by atoms with Gasteiger partial charge in [-0.05, 0) is 53.2 Å². The number of hydrogen-bond donors (Lipinski definition) is 1. The predicted octanol–water partition coefficient (Wildman–Crippen LogP) is 3.45. The molecule has 0 bridgehead atoms. The molecule has 0 radical (unpaired) electrons. The van der Waals surface area contributed by atoms with Gasteiger partial charge in [-0.3, -0.25) is 0 Å². The molecular formula is C9H11BrClNS. The lowest BCUT2D eigenvalue weighted by molar-refractivity contribution is 0.525. The van der Waals surface area contributed by atoms with Crippen molar-refractivity contribution in [3.63, 3.8) is 0 Å². The summed E-state index contributed by atoms with van der Waals surface area (Å²) in [6.45, 7) is 0.806. The lowest BCUT2D eigenvalue weighted by Crippen LogP contribution is -2.17. The highest BCUT2D eigenvalue weighted by molar-refractivity contribution is 9.10. The number of rotatable bonds is 3. The van der Waals surface area contributed by atoms with E-state index >= 15 is 0 Å². The summed E-state index contributed by atoms with van der Waals surface area (Å²) in [6, 6.07) is 2.11. The van der Waals surface area contributed by atoms with E-state index in [1.807, 2.05) is 0 Å². The van der Waals surface area contributed by atoms with E-state index in [0.29, 0.717) is 5.41 Å². The quantitative estimate of drug-likeness (QED) is 0.902. The standard InChI is InChI=1S/C9H11BrClNS/c10-7-3-6(13-8(7)11)4-9(5-12)1-2-9/h3H,1-2,4-5,12H2. The number of thiophene rings is 1. The Balaban J connectivity index is 2.10. The fourth-order valence-corrected chi connectivity index (χ4v) is 3.44. The van der Waals surface area contributed by atoms with Crippen molar-refractivity contribution in [3.05, 3.63) is 19.8 Å².